The molecule has 3 heteroatoms. The number of fused-ring (bicyclic) bond motifs is 7. The zero-order valence-corrected chi connectivity index (χ0v) is 19.8. The van der Waals surface area contributed by atoms with Crippen molar-refractivity contribution >= 4 is 5.97 Å². The van der Waals surface area contributed by atoms with Crippen molar-refractivity contribution in [1.29, 1.82) is 0 Å². The van der Waals surface area contributed by atoms with E-state index in [1.165, 1.54) is 64.2 Å². The van der Waals surface area contributed by atoms with Gasteiger partial charge in [-0.1, -0.05) is 27.2 Å². The van der Waals surface area contributed by atoms with Gasteiger partial charge in [-0.25, -0.2) is 0 Å². The highest BCUT2D eigenvalue weighted by molar-refractivity contribution is 5.65. The fraction of sp³-hybridized carbons (Fsp3) is 0.963. The summed E-state index contributed by atoms with van der Waals surface area (Å²) in [6.07, 6.45) is 14.1. The number of ether oxygens (including phenoxy) is 1. The van der Waals surface area contributed by atoms with Gasteiger partial charge in [0.1, 0.15) is 0 Å². The summed E-state index contributed by atoms with van der Waals surface area (Å²) < 4.78 is 5.64. The molecule has 0 radical (unpaired) electrons. The van der Waals surface area contributed by atoms with E-state index in [0.29, 0.717) is 29.3 Å². The van der Waals surface area contributed by atoms with E-state index < -0.39 is 0 Å². The molecule has 0 aromatic carbocycles. The van der Waals surface area contributed by atoms with Crippen LogP contribution in [-0.2, 0) is 9.53 Å². The van der Waals surface area contributed by atoms with E-state index in [1.807, 2.05) is 0 Å². The molecular formula is C27H44O3. The van der Waals surface area contributed by atoms with Crippen molar-refractivity contribution in [2.75, 3.05) is 6.61 Å². The Morgan fingerprint density at radius 3 is 2.37 bits per heavy atom. The molecular weight excluding hydrogens is 372 g/mol. The van der Waals surface area contributed by atoms with Crippen molar-refractivity contribution in [2.45, 2.75) is 104 Å². The summed E-state index contributed by atoms with van der Waals surface area (Å²) >= 11 is 0. The van der Waals surface area contributed by atoms with E-state index in [0.717, 1.165) is 30.1 Å². The second-order valence-electron chi connectivity index (χ2n) is 12.7. The third kappa shape index (κ3) is 2.89. The highest BCUT2D eigenvalue weighted by Crippen LogP contribution is 2.71. The van der Waals surface area contributed by atoms with Gasteiger partial charge in [-0.15, -0.1) is 0 Å². The Kier molecular flexibility index (Phi) is 5.12. The molecule has 0 aliphatic heterocycles. The average Bonchev–Trinajstić information content (AvgIpc) is 3.14. The van der Waals surface area contributed by atoms with Gasteiger partial charge in [-0.3, -0.25) is 4.79 Å². The van der Waals surface area contributed by atoms with Crippen molar-refractivity contribution < 1.29 is 14.6 Å². The number of hydrogen-bond acceptors (Lipinski definition) is 3. The maximum Gasteiger partial charge on any atom is 0.302 e. The fourth-order valence-corrected chi connectivity index (χ4v) is 10.5. The summed E-state index contributed by atoms with van der Waals surface area (Å²) in [4.78, 5) is 11.6. The van der Waals surface area contributed by atoms with E-state index in [9.17, 15) is 9.90 Å². The van der Waals surface area contributed by atoms with Crippen LogP contribution in [0.1, 0.15) is 98.3 Å². The largest absolute Gasteiger partial charge is 0.465 e. The van der Waals surface area contributed by atoms with E-state index >= 15 is 0 Å². The van der Waals surface area contributed by atoms with Gasteiger partial charge < -0.3 is 9.84 Å². The Morgan fingerprint density at radius 1 is 0.900 bits per heavy atom. The van der Waals surface area contributed by atoms with Crippen LogP contribution in [0.4, 0.5) is 0 Å². The molecule has 0 heterocycles. The van der Waals surface area contributed by atoms with Gasteiger partial charge in [0.25, 0.3) is 0 Å². The molecule has 1 N–H and O–H groups in total. The molecule has 0 amide bonds. The summed E-state index contributed by atoms with van der Waals surface area (Å²) in [7, 11) is 0. The number of esters is 1. The van der Waals surface area contributed by atoms with Crippen LogP contribution in [-0.4, -0.2) is 23.8 Å². The highest BCUT2D eigenvalue weighted by Gasteiger charge is 2.64. The van der Waals surface area contributed by atoms with Gasteiger partial charge in [0.05, 0.1) is 12.7 Å². The maximum absolute atomic E-state index is 11.6. The van der Waals surface area contributed by atoms with Crippen molar-refractivity contribution in [2.24, 2.45) is 51.8 Å². The van der Waals surface area contributed by atoms with Crippen LogP contribution in [0.25, 0.3) is 0 Å². The number of hydrogen-bond donors (Lipinski definition) is 1. The van der Waals surface area contributed by atoms with Gasteiger partial charge >= 0.3 is 5.97 Å². The molecule has 10 unspecified atom stereocenters. The first kappa shape index (κ1) is 21.3. The fourth-order valence-electron chi connectivity index (χ4n) is 10.5. The summed E-state index contributed by atoms with van der Waals surface area (Å²) in [5.41, 5.74) is 1.16. The Hall–Kier alpha value is -0.570. The Balaban J connectivity index is 1.41. The summed E-state index contributed by atoms with van der Waals surface area (Å²) in [6.45, 7) is 9.83. The second-order valence-corrected chi connectivity index (χ2v) is 12.7. The van der Waals surface area contributed by atoms with Crippen LogP contribution >= 0.6 is 0 Å². The van der Waals surface area contributed by atoms with Gasteiger partial charge in [0, 0.05) is 12.3 Å². The highest BCUT2D eigenvalue weighted by atomic mass is 16.5. The zero-order chi connectivity index (χ0) is 21.3. The quantitative estimate of drug-likeness (QED) is 0.563. The van der Waals surface area contributed by atoms with Gasteiger partial charge in [-0.2, -0.15) is 0 Å². The molecule has 0 aromatic heterocycles. The smallest absolute Gasteiger partial charge is 0.302 e. The van der Waals surface area contributed by atoms with E-state index in [4.69, 9.17) is 4.74 Å². The lowest BCUT2D eigenvalue weighted by atomic mass is 9.37. The molecule has 5 aliphatic rings. The molecule has 30 heavy (non-hydrogen) atoms. The number of rotatable bonds is 2. The average molecular weight is 417 g/mol. The maximum atomic E-state index is 11.6. The van der Waals surface area contributed by atoms with Crippen molar-refractivity contribution in [3.8, 4) is 0 Å². The molecule has 5 fully saturated rings. The summed E-state index contributed by atoms with van der Waals surface area (Å²) in [6, 6.07) is 0. The van der Waals surface area contributed by atoms with Crippen LogP contribution < -0.4 is 0 Å². The van der Waals surface area contributed by atoms with Crippen molar-refractivity contribution in [3.05, 3.63) is 0 Å². The predicted octanol–water partition coefficient (Wildman–Crippen LogP) is 5.99. The van der Waals surface area contributed by atoms with Crippen molar-refractivity contribution in [1.82, 2.24) is 0 Å². The molecule has 5 saturated carbocycles. The van der Waals surface area contributed by atoms with Crippen LogP contribution in [0.15, 0.2) is 0 Å². The lowest BCUT2D eigenvalue weighted by Gasteiger charge is -2.67. The molecule has 10 atom stereocenters. The molecule has 0 spiro atoms. The second kappa shape index (κ2) is 7.22. The van der Waals surface area contributed by atoms with Gasteiger partial charge in [0.2, 0.25) is 0 Å². The number of aliphatic hydroxyl groups is 1. The number of aliphatic hydroxyl groups excluding tert-OH is 1. The monoisotopic (exact) mass is 416 g/mol. The molecule has 5 rings (SSSR count). The van der Waals surface area contributed by atoms with E-state index in [2.05, 4.69) is 20.8 Å². The summed E-state index contributed by atoms with van der Waals surface area (Å²) in [5.74, 6) is 4.34. The van der Waals surface area contributed by atoms with E-state index in [1.54, 1.807) is 6.92 Å². The minimum atomic E-state index is -0.104. The Morgan fingerprint density at radius 2 is 1.60 bits per heavy atom. The van der Waals surface area contributed by atoms with Gasteiger partial charge in [-0.05, 0) is 111 Å². The van der Waals surface area contributed by atoms with Crippen LogP contribution in [0, 0.1) is 51.8 Å². The minimum Gasteiger partial charge on any atom is -0.465 e. The molecule has 0 saturated heterocycles. The minimum absolute atomic E-state index is 0.0844. The SMILES string of the molecule is CC(=O)OCC12CCCC1C1CCC3C4(C)CCC(O)C(C)C4CCC3(C)C1CC2. The third-order valence-electron chi connectivity index (χ3n) is 11.8. The third-order valence-corrected chi connectivity index (χ3v) is 11.8. The summed E-state index contributed by atoms with van der Waals surface area (Å²) in [5, 5.41) is 10.6. The van der Waals surface area contributed by atoms with Crippen LogP contribution in [0.2, 0.25) is 0 Å². The topological polar surface area (TPSA) is 46.5 Å². The molecule has 3 nitrogen and oxygen atoms in total. The standard InChI is InChI=1S/C27H44O3/c1-17-20-9-13-26(4)21-10-15-27(16-30-18(2)28)12-5-6-22(27)19(21)7-8-24(26)25(20,3)14-11-23(17)29/h17,19-24,29H,5-16H2,1-4H3. The first-order chi connectivity index (χ1) is 14.2. The van der Waals surface area contributed by atoms with Gasteiger partial charge in [0.15, 0.2) is 0 Å². The molecule has 170 valence electrons. The van der Waals surface area contributed by atoms with Crippen LogP contribution in [0.5, 0.6) is 0 Å². The van der Waals surface area contributed by atoms with E-state index in [-0.39, 0.29) is 17.5 Å². The van der Waals surface area contributed by atoms with Crippen molar-refractivity contribution in [3.63, 3.8) is 0 Å². The number of carbonyl (C=O) groups is 1. The molecule has 0 aromatic rings. The molecule has 5 aliphatic carbocycles. The normalized spacial score (nSPS) is 55.0. The molecule has 0 bridgehead atoms. The van der Waals surface area contributed by atoms with Crippen LogP contribution in [0.3, 0.4) is 0 Å². The number of carbonyl (C=O) groups excluding carboxylic acids is 1. The first-order valence-corrected chi connectivity index (χ1v) is 13.0. The lowest BCUT2D eigenvalue weighted by Crippen LogP contribution is -2.61. The first-order valence-electron chi connectivity index (χ1n) is 13.0. The Bertz CT molecular complexity index is 690. The predicted molar refractivity (Wildman–Crippen MR) is 119 cm³/mol. The Labute approximate surface area is 183 Å². The zero-order valence-electron chi connectivity index (χ0n) is 19.8. The lowest BCUT2D eigenvalue weighted by molar-refractivity contribution is -0.198.